The molecule has 21 heteroatoms. The number of rotatable bonds is 10. The lowest BCUT2D eigenvalue weighted by Gasteiger charge is -2.49. The minimum absolute atomic E-state index is 0.0205. The van der Waals surface area contributed by atoms with Crippen LogP contribution in [0.2, 0.25) is 0 Å². The van der Waals surface area contributed by atoms with E-state index in [1.807, 2.05) is 0 Å². The summed E-state index contributed by atoms with van der Waals surface area (Å²) in [5.74, 6) is -3.91. The molecule has 2 amide bonds. The van der Waals surface area contributed by atoms with E-state index in [2.05, 4.69) is 45.3 Å². The number of tetrazole rings is 1. The molecule has 0 aliphatic carbocycles. The van der Waals surface area contributed by atoms with Gasteiger partial charge in [-0.25, -0.2) is 9.59 Å². The number of thioether (sulfide) groups is 2. The first kappa shape index (κ1) is 26.2. The number of hydrogen-bond acceptors (Lipinski definition) is 16. The third-order valence-corrected chi connectivity index (χ3v) is 8.08. The van der Waals surface area contributed by atoms with E-state index in [1.54, 1.807) is 12.1 Å². The zero-order valence-corrected chi connectivity index (χ0v) is 21.6. The van der Waals surface area contributed by atoms with E-state index in [9.17, 15) is 24.3 Å². The largest absolute Gasteiger partial charge is 0.479 e. The molecule has 3 aromatic heterocycles. The number of amides is 2. The fourth-order valence-electron chi connectivity index (χ4n) is 3.54. The van der Waals surface area contributed by atoms with Crippen molar-refractivity contribution in [3.8, 4) is 0 Å². The summed E-state index contributed by atoms with van der Waals surface area (Å²) in [5.41, 5.74) is 5.85. The number of nitrogens with zero attached hydrogens (tertiary/aromatic N) is 9. The lowest BCUT2D eigenvalue weighted by Crippen LogP contribution is -2.71. The lowest BCUT2D eigenvalue weighted by molar-refractivity contribution is -0.150. The van der Waals surface area contributed by atoms with Gasteiger partial charge in [-0.15, -0.1) is 38.4 Å². The van der Waals surface area contributed by atoms with E-state index in [-0.39, 0.29) is 28.2 Å². The summed E-state index contributed by atoms with van der Waals surface area (Å²) >= 11 is 3.29. The highest BCUT2D eigenvalue weighted by atomic mass is 32.2. The quantitative estimate of drug-likeness (QED) is 0.0883. The molecule has 5 rings (SSSR count). The molecule has 5 heterocycles. The van der Waals surface area contributed by atoms with Crippen LogP contribution >= 0.6 is 35.1 Å². The Hall–Kier alpha value is -4.37. The Kier molecular flexibility index (Phi) is 7.26. The monoisotopic (exact) mass is 593 g/mol. The number of anilines is 1. The highest BCUT2D eigenvalue weighted by Gasteiger charge is 2.54. The van der Waals surface area contributed by atoms with E-state index < -0.39 is 47.5 Å². The summed E-state index contributed by atoms with van der Waals surface area (Å²) < 4.78 is 5.11. The fourth-order valence-corrected chi connectivity index (χ4v) is 6.31. The van der Waals surface area contributed by atoms with Crippen molar-refractivity contribution in [3.63, 3.8) is 0 Å². The van der Waals surface area contributed by atoms with Crippen LogP contribution in [0.1, 0.15) is 5.82 Å². The molecule has 39 heavy (non-hydrogen) atoms. The average molecular weight is 594 g/mol. The molecule has 0 aromatic carbocycles. The molecule has 18 nitrogen and oxygen atoms in total. The molecule has 5 N–H and O–H groups in total. The molecular weight excluding hydrogens is 578 g/mol. The number of aliphatic carboxylic acids is 2. The minimum atomic E-state index is -1.33. The number of carboxylic acid groups (broad SMARTS) is 2. The van der Waals surface area contributed by atoms with Crippen molar-refractivity contribution in [3.05, 3.63) is 29.2 Å². The Morgan fingerprint density at radius 1 is 1.31 bits per heavy atom. The molecule has 0 bridgehead atoms. The van der Waals surface area contributed by atoms with Crippen molar-refractivity contribution < 1.29 is 34.2 Å². The van der Waals surface area contributed by atoms with Crippen LogP contribution in [0.3, 0.4) is 0 Å². The van der Waals surface area contributed by atoms with Crippen LogP contribution in [-0.2, 0) is 24.0 Å². The van der Waals surface area contributed by atoms with Crippen molar-refractivity contribution in [2.24, 2.45) is 5.16 Å². The van der Waals surface area contributed by atoms with Crippen LogP contribution in [0, 0.1) is 0 Å². The maximum absolute atomic E-state index is 13.0. The van der Waals surface area contributed by atoms with Crippen molar-refractivity contribution >= 4 is 75.3 Å². The van der Waals surface area contributed by atoms with Gasteiger partial charge in [0.25, 0.3) is 11.8 Å². The molecule has 2 aliphatic rings. The third-order valence-electron chi connectivity index (χ3n) is 5.19. The number of β-lactam (4-membered cyclic amide) rings is 1. The highest BCUT2D eigenvalue weighted by Crippen LogP contribution is 2.41. The second kappa shape index (κ2) is 10.8. The van der Waals surface area contributed by atoms with E-state index >= 15 is 0 Å². The maximum atomic E-state index is 13.0. The number of carbonyl (C=O) groups excluding carboxylic acids is 2. The summed E-state index contributed by atoms with van der Waals surface area (Å²) in [6.07, 6.45) is 0. The number of nitrogens with one attached hydrogen (secondary N) is 1. The van der Waals surface area contributed by atoms with Gasteiger partial charge >= 0.3 is 11.9 Å². The first-order valence-corrected chi connectivity index (χ1v) is 13.4. The SMILES string of the molecule is Nc1nc(C(=NOCC(=O)O)C(=O)NC2C(=O)N3C(C(=O)O)=C(CSc4ccc5nnnn5n4)CS[C@@H]23)ns1. The van der Waals surface area contributed by atoms with Crippen LogP contribution in [0.15, 0.2) is 33.6 Å². The topological polar surface area (TPSA) is 253 Å². The molecule has 1 saturated heterocycles. The molecule has 2 atom stereocenters. The Balaban J connectivity index is 1.30. The van der Waals surface area contributed by atoms with E-state index in [0.717, 1.165) is 16.4 Å². The summed E-state index contributed by atoms with van der Waals surface area (Å²) in [6.45, 7) is -0.836. The molecule has 1 fully saturated rings. The Morgan fingerprint density at radius 2 is 2.13 bits per heavy atom. The number of nitrogens with two attached hydrogens (primary N) is 1. The molecular formula is C18H15N11O7S3. The fraction of sp³-hybridized carbons (Fsp3) is 0.278. The summed E-state index contributed by atoms with van der Waals surface area (Å²) in [7, 11) is 0. The van der Waals surface area contributed by atoms with Gasteiger partial charge in [-0.05, 0) is 28.1 Å². The number of nitrogen functional groups attached to an aromatic ring is 1. The average Bonchev–Trinajstić information content (AvgIpc) is 3.55. The predicted molar refractivity (Wildman–Crippen MR) is 133 cm³/mol. The smallest absolute Gasteiger partial charge is 0.352 e. The Labute approximate surface area is 228 Å². The highest BCUT2D eigenvalue weighted by molar-refractivity contribution is 8.01. The predicted octanol–water partition coefficient (Wildman–Crippen LogP) is -1.71. The van der Waals surface area contributed by atoms with E-state index in [4.69, 9.17) is 10.8 Å². The number of aromatic nitrogens is 7. The number of hydrogen-bond donors (Lipinski definition) is 4. The van der Waals surface area contributed by atoms with Gasteiger partial charge in [0, 0.05) is 23.0 Å². The first-order chi connectivity index (χ1) is 18.7. The maximum Gasteiger partial charge on any atom is 0.352 e. The van der Waals surface area contributed by atoms with Crippen LogP contribution in [0.4, 0.5) is 5.13 Å². The minimum Gasteiger partial charge on any atom is -0.479 e. The van der Waals surface area contributed by atoms with Gasteiger partial charge in [0.15, 0.2) is 10.8 Å². The summed E-state index contributed by atoms with van der Waals surface area (Å²) in [6, 6.07) is 2.27. The summed E-state index contributed by atoms with van der Waals surface area (Å²) in [4.78, 5) is 58.5. The molecule has 0 saturated carbocycles. The van der Waals surface area contributed by atoms with Gasteiger partial charge in [-0.1, -0.05) is 5.16 Å². The van der Waals surface area contributed by atoms with Gasteiger partial charge in [0.05, 0.1) is 0 Å². The molecule has 0 spiro atoms. The number of fused-ring (bicyclic) bond motifs is 2. The van der Waals surface area contributed by atoms with Crippen molar-refractivity contribution in [1.82, 2.24) is 44.8 Å². The van der Waals surface area contributed by atoms with Crippen molar-refractivity contribution in [1.29, 1.82) is 0 Å². The Morgan fingerprint density at radius 3 is 2.85 bits per heavy atom. The zero-order chi connectivity index (χ0) is 27.7. The number of oxime groups is 1. The molecule has 3 aromatic rings. The molecule has 1 unspecified atom stereocenters. The van der Waals surface area contributed by atoms with Gasteiger partial charge in [0.1, 0.15) is 22.1 Å². The van der Waals surface area contributed by atoms with Gasteiger partial charge in [-0.3, -0.25) is 14.5 Å². The molecule has 202 valence electrons. The van der Waals surface area contributed by atoms with Crippen molar-refractivity contribution in [2.45, 2.75) is 16.4 Å². The van der Waals surface area contributed by atoms with Crippen LogP contribution in [0.25, 0.3) is 5.65 Å². The standard InChI is InChI=1S/C18H15N11O7S3/c19-18-21-13(25-39-18)10(24-36-3-9(30)31)14(32)20-11-15(33)28-12(17(34)35)6(5-38-16(11)28)4-37-8-2-1-7-22-26-27-29(7)23-8/h1-2,11,16H,3-5H2,(H,20,32)(H,30,31)(H,34,35)(H2,19,21,25)/t11?,16-/m0/s1. The van der Waals surface area contributed by atoms with Crippen LogP contribution in [-0.4, -0.2) is 109 Å². The lowest BCUT2D eigenvalue weighted by atomic mass is 10.0. The van der Waals surface area contributed by atoms with Crippen LogP contribution in [0.5, 0.6) is 0 Å². The van der Waals surface area contributed by atoms with Gasteiger partial charge < -0.3 is 26.1 Å². The molecule has 2 aliphatic heterocycles. The second-order valence-corrected chi connectivity index (χ2v) is 10.6. The zero-order valence-electron chi connectivity index (χ0n) is 19.2. The first-order valence-electron chi connectivity index (χ1n) is 10.6. The molecule has 0 radical (unpaired) electrons. The normalized spacial score (nSPS) is 19.0. The Bertz CT molecular complexity index is 1550. The third kappa shape index (κ3) is 5.31. The van der Waals surface area contributed by atoms with Gasteiger partial charge in [0.2, 0.25) is 18.1 Å². The van der Waals surface area contributed by atoms with E-state index in [0.29, 0.717) is 16.2 Å². The van der Waals surface area contributed by atoms with Gasteiger partial charge in [-0.2, -0.15) is 9.36 Å². The number of carbonyl (C=O) groups is 4. The van der Waals surface area contributed by atoms with Crippen molar-refractivity contribution in [2.75, 3.05) is 23.8 Å². The van der Waals surface area contributed by atoms with E-state index in [1.165, 1.54) is 28.2 Å². The summed E-state index contributed by atoms with van der Waals surface area (Å²) in [5, 5.41) is 39.8. The van der Waals surface area contributed by atoms with Crippen LogP contribution < -0.4 is 11.1 Å². The second-order valence-electron chi connectivity index (χ2n) is 7.67. The number of carboxylic acids is 2.